The summed E-state index contributed by atoms with van der Waals surface area (Å²) in [5.74, 6) is 0.659. The smallest absolute Gasteiger partial charge is 0.258 e. The summed E-state index contributed by atoms with van der Waals surface area (Å²) in [6.45, 7) is 6.65. The van der Waals surface area contributed by atoms with Crippen LogP contribution in [0.5, 0.6) is 5.75 Å². The average molecular weight is 274 g/mol. The lowest BCUT2D eigenvalue weighted by Crippen LogP contribution is -2.32. The number of nitrogens with one attached hydrogen (secondary N) is 2. The zero-order chi connectivity index (χ0) is 14.4. The molecule has 0 radical (unpaired) electrons. The number of rotatable bonds is 5. The summed E-state index contributed by atoms with van der Waals surface area (Å²) >= 11 is 0. The van der Waals surface area contributed by atoms with Gasteiger partial charge in [0.25, 0.3) is 5.91 Å². The Hall–Kier alpha value is -1.81. The van der Waals surface area contributed by atoms with Crippen molar-refractivity contribution in [1.29, 1.82) is 0 Å². The molecule has 0 saturated heterocycles. The maximum Gasteiger partial charge on any atom is 0.258 e. The third-order valence-electron chi connectivity index (χ3n) is 3.52. The molecule has 20 heavy (non-hydrogen) atoms. The minimum atomic E-state index is -0.0809. The fourth-order valence-electron chi connectivity index (χ4n) is 2.05. The zero-order valence-electron chi connectivity index (χ0n) is 12.2. The molecule has 1 aliphatic rings. The SMILES string of the molecule is Cc1ccc(OCC(=O)NCC2=CCNCC2)cc1C. The van der Waals surface area contributed by atoms with Gasteiger partial charge < -0.3 is 15.4 Å². The molecule has 0 aliphatic carbocycles. The second-order valence-corrected chi connectivity index (χ2v) is 5.13. The predicted molar refractivity (Wildman–Crippen MR) is 80.0 cm³/mol. The lowest BCUT2D eigenvalue weighted by molar-refractivity contribution is -0.122. The first kappa shape index (κ1) is 14.6. The quantitative estimate of drug-likeness (QED) is 0.804. The Balaban J connectivity index is 1.74. The monoisotopic (exact) mass is 274 g/mol. The molecule has 1 amide bonds. The van der Waals surface area contributed by atoms with Crippen molar-refractivity contribution >= 4 is 5.91 Å². The predicted octanol–water partition coefficient (Wildman–Crippen LogP) is 1.72. The van der Waals surface area contributed by atoms with E-state index in [0.717, 1.165) is 25.3 Å². The van der Waals surface area contributed by atoms with E-state index in [9.17, 15) is 4.79 Å². The van der Waals surface area contributed by atoms with Crippen LogP contribution in [0.15, 0.2) is 29.8 Å². The summed E-state index contributed by atoms with van der Waals surface area (Å²) in [6, 6.07) is 5.85. The summed E-state index contributed by atoms with van der Waals surface area (Å²) in [5.41, 5.74) is 3.67. The largest absolute Gasteiger partial charge is 0.484 e. The minimum absolute atomic E-state index is 0.0635. The van der Waals surface area contributed by atoms with Crippen LogP contribution in [0.4, 0.5) is 0 Å². The van der Waals surface area contributed by atoms with E-state index in [2.05, 4.69) is 23.6 Å². The summed E-state index contributed by atoms with van der Waals surface area (Å²) in [5, 5.41) is 6.13. The van der Waals surface area contributed by atoms with Crippen molar-refractivity contribution < 1.29 is 9.53 Å². The summed E-state index contributed by atoms with van der Waals surface area (Å²) < 4.78 is 5.50. The molecule has 2 rings (SSSR count). The van der Waals surface area contributed by atoms with Gasteiger partial charge in [-0.3, -0.25) is 4.79 Å². The highest BCUT2D eigenvalue weighted by Gasteiger charge is 2.06. The van der Waals surface area contributed by atoms with Crippen LogP contribution in [-0.2, 0) is 4.79 Å². The van der Waals surface area contributed by atoms with Gasteiger partial charge in [0.1, 0.15) is 5.75 Å². The standard InChI is InChI=1S/C16H22N2O2/c1-12-3-4-15(9-13(12)2)20-11-16(19)18-10-14-5-7-17-8-6-14/h3-5,9,17H,6-8,10-11H2,1-2H3,(H,18,19). The number of amides is 1. The van der Waals surface area contributed by atoms with Crippen molar-refractivity contribution in [2.75, 3.05) is 26.2 Å². The van der Waals surface area contributed by atoms with Crippen LogP contribution in [-0.4, -0.2) is 32.1 Å². The van der Waals surface area contributed by atoms with Gasteiger partial charge in [0, 0.05) is 13.1 Å². The van der Waals surface area contributed by atoms with Gasteiger partial charge in [-0.15, -0.1) is 0 Å². The number of ether oxygens (including phenoxy) is 1. The van der Waals surface area contributed by atoms with Crippen LogP contribution in [0.2, 0.25) is 0 Å². The molecule has 0 saturated carbocycles. The third-order valence-corrected chi connectivity index (χ3v) is 3.52. The van der Waals surface area contributed by atoms with E-state index in [4.69, 9.17) is 4.74 Å². The van der Waals surface area contributed by atoms with Gasteiger partial charge >= 0.3 is 0 Å². The van der Waals surface area contributed by atoms with Gasteiger partial charge in [-0.2, -0.15) is 0 Å². The molecule has 0 unspecified atom stereocenters. The molecule has 0 bridgehead atoms. The summed E-state index contributed by atoms with van der Waals surface area (Å²) in [4.78, 5) is 11.7. The van der Waals surface area contributed by atoms with Crippen LogP contribution >= 0.6 is 0 Å². The van der Waals surface area contributed by atoms with Crippen molar-refractivity contribution in [3.8, 4) is 5.75 Å². The third kappa shape index (κ3) is 4.38. The molecular formula is C16H22N2O2. The Morgan fingerprint density at radius 1 is 1.35 bits per heavy atom. The Kier molecular flexibility index (Phi) is 5.18. The van der Waals surface area contributed by atoms with Gasteiger partial charge in [0.2, 0.25) is 0 Å². The maximum atomic E-state index is 11.7. The first-order chi connectivity index (χ1) is 9.65. The second-order valence-electron chi connectivity index (χ2n) is 5.13. The number of carbonyl (C=O) groups excluding carboxylic acids is 1. The topological polar surface area (TPSA) is 50.4 Å². The normalized spacial score (nSPS) is 14.6. The van der Waals surface area contributed by atoms with E-state index in [1.807, 2.05) is 25.1 Å². The van der Waals surface area contributed by atoms with E-state index < -0.39 is 0 Å². The molecule has 0 fully saturated rings. The number of carbonyl (C=O) groups is 1. The van der Waals surface area contributed by atoms with Crippen LogP contribution in [0.3, 0.4) is 0 Å². The highest BCUT2D eigenvalue weighted by atomic mass is 16.5. The molecule has 1 aromatic carbocycles. The first-order valence-electron chi connectivity index (χ1n) is 7.00. The van der Waals surface area contributed by atoms with Gasteiger partial charge in [-0.1, -0.05) is 17.7 Å². The van der Waals surface area contributed by atoms with Crippen molar-refractivity contribution in [2.24, 2.45) is 0 Å². The van der Waals surface area contributed by atoms with Crippen molar-refractivity contribution in [3.63, 3.8) is 0 Å². The molecule has 1 aliphatic heterocycles. The van der Waals surface area contributed by atoms with Crippen molar-refractivity contribution in [3.05, 3.63) is 41.0 Å². The molecular weight excluding hydrogens is 252 g/mol. The van der Waals surface area contributed by atoms with Gasteiger partial charge in [0.05, 0.1) is 0 Å². The molecule has 108 valence electrons. The molecule has 2 N–H and O–H groups in total. The van der Waals surface area contributed by atoms with E-state index in [1.165, 1.54) is 16.7 Å². The first-order valence-corrected chi connectivity index (χ1v) is 7.00. The van der Waals surface area contributed by atoms with E-state index in [-0.39, 0.29) is 12.5 Å². The van der Waals surface area contributed by atoms with Crippen molar-refractivity contribution in [2.45, 2.75) is 20.3 Å². The van der Waals surface area contributed by atoms with Crippen LogP contribution < -0.4 is 15.4 Å². The number of aryl methyl sites for hydroxylation is 2. The fourth-order valence-corrected chi connectivity index (χ4v) is 2.05. The van der Waals surface area contributed by atoms with Crippen LogP contribution in [0.25, 0.3) is 0 Å². The fraction of sp³-hybridized carbons (Fsp3) is 0.438. The van der Waals surface area contributed by atoms with E-state index >= 15 is 0 Å². The Labute approximate surface area is 120 Å². The lowest BCUT2D eigenvalue weighted by atomic mass is 10.1. The summed E-state index contributed by atoms with van der Waals surface area (Å²) in [7, 11) is 0. The average Bonchev–Trinajstić information content (AvgIpc) is 2.47. The highest BCUT2D eigenvalue weighted by Crippen LogP contribution is 2.16. The van der Waals surface area contributed by atoms with Crippen molar-refractivity contribution in [1.82, 2.24) is 10.6 Å². The lowest BCUT2D eigenvalue weighted by Gasteiger charge is -2.14. The summed E-state index contributed by atoms with van der Waals surface area (Å²) in [6.07, 6.45) is 3.13. The van der Waals surface area contributed by atoms with E-state index in [0.29, 0.717) is 6.54 Å². The Morgan fingerprint density at radius 2 is 2.20 bits per heavy atom. The second kappa shape index (κ2) is 7.10. The minimum Gasteiger partial charge on any atom is -0.484 e. The van der Waals surface area contributed by atoms with Crippen LogP contribution in [0, 0.1) is 13.8 Å². The Bertz CT molecular complexity index is 509. The molecule has 4 nitrogen and oxygen atoms in total. The molecule has 0 atom stereocenters. The molecule has 0 aromatic heterocycles. The number of hydrogen-bond acceptors (Lipinski definition) is 3. The van der Waals surface area contributed by atoms with Gasteiger partial charge in [-0.05, 0) is 50.1 Å². The zero-order valence-corrected chi connectivity index (χ0v) is 12.2. The number of hydrogen-bond donors (Lipinski definition) is 2. The van der Waals surface area contributed by atoms with Gasteiger partial charge in [-0.25, -0.2) is 0 Å². The van der Waals surface area contributed by atoms with E-state index in [1.54, 1.807) is 0 Å². The molecule has 1 heterocycles. The number of benzene rings is 1. The molecule has 4 heteroatoms. The maximum absolute atomic E-state index is 11.7. The highest BCUT2D eigenvalue weighted by molar-refractivity contribution is 5.77. The molecule has 0 spiro atoms. The molecule has 1 aromatic rings. The van der Waals surface area contributed by atoms with Gasteiger partial charge in [0.15, 0.2) is 6.61 Å². The van der Waals surface area contributed by atoms with Crippen LogP contribution in [0.1, 0.15) is 17.5 Å². The Morgan fingerprint density at radius 3 is 2.90 bits per heavy atom.